The van der Waals surface area contributed by atoms with Crippen molar-refractivity contribution >= 4 is 21.8 Å². The molecule has 7 rings (SSSR count). The molecule has 0 bridgehead atoms. The van der Waals surface area contributed by atoms with E-state index in [1.54, 1.807) is 18.6 Å². The van der Waals surface area contributed by atoms with Crippen molar-refractivity contribution in [1.82, 2.24) is 35.0 Å². The van der Waals surface area contributed by atoms with Crippen molar-refractivity contribution in [1.29, 1.82) is 0 Å². The van der Waals surface area contributed by atoms with Gasteiger partial charge in [0, 0.05) is 47.0 Å². The summed E-state index contributed by atoms with van der Waals surface area (Å²) >= 11 is 0. The van der Waals surface area contributed by atoms with Crippen molar-refractivity contribution in [3.8, 4) is 39.7 Å². The van der Waals surface area contributed by atoms with Gasteiger partial charge in [-0.05, 0) is 74.0 Å². The van der Waals surface area contributed by atoms with Crippen molar-refractivity contribution in [2.24, 2.45) is 0 Å². The van der Waals surface area contributed by atoms with Crippen LogP contribution in [0.25, 0.3) is 55.7 Å². The number of likely N-dealkylation sites (tertiary alicyclic amines) is 1. The number of benzene rings is 1. The maximum Gasteiger partial charge on any atom is 0.138 e. The third-order valence-electron chi connectivity index (χ3n) is 7.20. The molecule has 8 nitrogen and oxygen atoms in total. The van der Waals surface area contributed by atoms with Crippen LogP contribution in [0.1, 0.15) is 12.8 Å². The zero-order valence-electron chi connectivity index (χ0n) is 20.9. The average molecular weight is 502 g/mol. The summed E-state index contributed by atoms with van der Waals surface area (Å²) in [5.74, 6) is 0.791. The van der Waals surface area contributed by atoms with Crippen LogP contribution >= 0.6 is 0 Å². The molecule has 1 fully saturated rings. The third-order valence-corrected chi connectivity index (χ3v) is 7.20. The lowest BCUT2D eigenvalue weighted by Gasteiger charge is -2.15. The lowest BCUT2D eigenvalue weighted by atomic mass is 10.0. The Hall–Kier alpha value is -4.56. The van der Waals surface area contributed by atoms with Crippen molar-refractivity contribution in [2.75, 3.05) is 26.2 Å². The largest absolute Gasteiger partial charge is 0.491 e. The Kier molecular flexibility index (Phi) is 5.79. The molecule has 38 heavy (non-hydrogen) atoms. The zero-order valence-corrected chi connectivity index (χ0v) is 20.9. The van der Waals surface area contributed by atoms with Gasteiger partial charge in [0.05, 0.1) is 28.8 Å². The highest BCUT2D eigenvalue weighted by Crippen LogP contribution is 2.34. The second-order valence-electron chi connectivity index (χ2n) is 9.66. The minimum atomic E-state index is 0.672. The number of aromatic amines is 2. The molecule has 1 aliphatic heterocycles. The highest BCUT2D eigenvalue weighted by molar-refractivity contribution is 6.00. The molecule has 0 atom stereocenters. The van der Waals surface area contributed by atoms with Crippen LogP contribution in [-0.2, 0) is 0 Å². The number of hydrogen-bond acceptors (Lipinski definition) is 6. The van der Waals surface area contributed by atoms with Gasteiger partial charge in [-0.25, -0.2) is 0 Å². The van der Waals surface area contributed by atoms with E-state index >= 15 is 0 Å². The van der Waals surface area contributed by atoms with E-state index in [9.17, 15) is 0 Å². The van der Waals surface area contributed by atoms with Gasteiger partial charge < -0.3 is 9.72 Å². The molecule has 1 aliphatic rings. The molecule has 188 valence electrons. The summed E-state index contributed by atoms with van der Waals surface area (Å²) in [4.78, 5) is 19.5. The molecule has 0 saturated carbocycles. The Labute approximate surface area is 219 Å². The SMILES string of the molecule is c1ccc(-c2nccc3[nH]c(-c4n[nH]c5ccc(-c6cncc(OCCN7CCCC7)c6)cc45)cc23)nc1. The van der Waals surface area contributed by atoms with Crippen LogP contribution in [0, 0.1) is 0 Å². The number of aromatic nitrogens is 6. The van der Waals surface area contributed by atoms with Crippen LogP contribution in [-0.4, -0.2) is 61.3 Å². The fraction of sp³-hybridized carbons (Fsp3) is 0.200. The van der Waals surface area contributed by atoms with E-state index < -0.39 is 0 Å². The molecule has 0 spiro atoms. The Morgan fingerprint density at radius 3 is 2.63 bits per heavy atom. The fourth-order valence-corrected chi connectivity index (χ4v) is 5.24. The molecule has 1 aromatic carbocycles. The summed E-state index contributed by atoms with van der Waals surface area (Å²) in [5, 5.41) is 9.88. The van der Waals surface area contributed by atoms with E-state index in [0.29, 0.717) is 6.61 Å². The first-order valence-electron chi connectivity index (χ1n) is 13.0. The predicted molar refractivity (Wildman–Crippen MR) is 149 cm³/mol. The van der Waals surface area contributed by atoms with Crippen molar-refractivity contribution in [2.45, 2.75) is 12.8 Å². The van der Waals surface area contributed by atoms with Gasteiger partial charge in [-0.15, -0.1) is 0 Å². The van der Waals surface area contributed by atoms with E-state index in [4.69, 9.17) is 4.74 Å². The first-order chi connectivity index (χ1) is 18.8. The van der Waals surface area contributed by atoms with Gasteiger partial charge in [0.15, 0.2) is 0 Å². The standard InChI is InChI=1S/C30H27N7O/c1-2-9-32-27(5-1)29-24-17-28(34-25(24)8-10-33-29)30-23-16-20(6-7-26(23)35-36-30)21-15-22(19-31-18-21)38-14-13-37-11-3-4-12-37/h1-2,5-10,15-19,34H,3-4,11-14H2,(H,35,36). The topological polar surface area (TPSA) is 95.6 Å². The number of H-pyrrole nitrogens is 2. The van der Waals surface area contributed by atoms with Gasteiger partial charge in [-0.2, -0.15) is 5.10 Å². The summed E-state index contributed by atoms with van der Waals surface area (Å²) in [5.41, 5.74) is 7.50. The number of fused-ring (bicyclic) bond motifs is 2. The van der Waals surface area contributed by atoms with Crippen LogP contribution in [0.15, 0.2) is 79.4 Å². The van der Waals surface area contributed by atoms with E-state index in [0.717, 1.165) is 68.0 Å². The first-order valence-corrected chi connectivity index (χ1v) is 13.0. The smallest absolute Gasteiger partial charge is 0.138 e. The lowest BCUT2D eigenvalue weighted by molar-refractivity contribution is 0.237. The Morgan fingerprint density at radius 2 is 1.74 bits per heavy atom. The lowest BCUT2D eigenvalue weighted by Crippen LogP contribution is -2.25. The number of nitrogens with one attached hydrogen (secondary N) is 2. The molecule has 0 aliphatic carbocycles. The average Bonchev–Trinajstić information content (AvgIpc) is 3.73. The minimum Gasteiger partial charge on any atom is -0.491 e. The van der Waals surface area contributed by atoms with Crippen LogP contribution < -0.4 is 4.74 Å². The number of hydrogen-bond donors (Lipinski definition) is 2. The molecule has 6 aromatic rings. The monoisotopic (exact) mass is 501 g/mol. The molecule has 0 unspecified atom stereocenters. The van der Waals surface area contributed by atoms with Gasteiger partial charge in [-0.1, -0.05) is 12.1 Å². The second kappa shape index (κ2) is 9.72. The van der Waals surface area contributed by atoms with E-state index in [2.05, 4.69) is 65.4 Å². The Balaban J connectivity index is 1.20. The summed E-state index contributed by atoms with van der Waals surface area (Å²) in [7, 11) is 0. The molecular weight excluding hydrogens is 474 g/mol. The second-order valence-corrected chi connectivity index (χ2v) is 9.66. The van der Waals surface area contributed by atoms with Crippen LogP contribution in [0.2, 0.25) is 0 Å². The summed E-state index contributed by atoms with van der Waals surface area (Å²) in [6, 6.07) is 18.3. The maximum atomic E-state index is 6.04. The van der Waals surface area contributed by atoms with Gasteiger partial charge in [0.2, 0.25) is 0 Å². The van der Waals surface area contributed by atoms with Crippen molar-refractivity contribution < 1.29 is 4.74 Å². The van der Waals surface area contributed by atoms with Gasteiger partial charge in [-0.3, -0.25) is 25.0 Å². The van der Waals surface area contributed by atoms with E-state index in [-0.39, 0.29) is 0 Å². The summed E-state index contributed by atoms with van der Waals surface area (Å²) in [6.45, 7) is 3.97. The molecule has 2 N–H and O–H groups in total. The number of ether oxygens (including phenoxy) is 1. The van der Waals surface area contributed by atoms with Crippen LogP contribution in [0.3, 0.4) is 0 Å². The summed E-state index contributed by atoms with van der Waals surface area (Å²) < 4.78 is 6.04. The molecule has 6 heterocycles. The Bertz CT molecular complexity index is 1720. The molecule has 0 radical (unpaired) electrons. The van der Waals surface area contributed by atoms with Crippen molar-refractivity contribution in [3.05, 3.63) is 79.4 Å². The molecular formula is C30H27N7O. The van der Waals surface area contributed by atoms with Gasteiger partial charge in [0.25, 0.3) is 0 Å². The third kappa shape index (κ3) is 4.29. The normalized spacial score (nSPS) is 14.0. The molecule has 8 heteroatoms. The first kappa shape index (κ1) is 22.6. The number of rotatable bonds is 7. The van der Waals surface area contributed by atoms with Gasteiger partial charge >= 0.3 is 0 Å². The maximum absolute atomic E-state index is 6.04. The predicted octanol–water partition coefficient (Wildman–Crippen LogP) is 5.70. The molecule has 5 aromatic heterocycles. The van der Waals surface area contributed by atoms with Gasteiger partial charge in [0.1, 0.15) is 18.1 Å². The van der Waals surface area contributed by atoms with Crippen molar-refractivity contribution in [3.63, 3.8) is 0 Å². The fourth-order valence-electron chi connectivity index (χ4n) is 5.24. The Morgan fingerprint density at radius 1 is 0.816 bits per heavy atom. The number of pyridine rings is 3. The molecule has 1 saturated heterocycles. The zero-order chi connectivity index (χ0) is 25.3. The highest BCUT2D eigenvalue weighted by Gasteiger charge is 2.16. The minimum absolute atomic E-state index is 0.672. The van der Waals surface area contributed by atoms with E-state index in [1.807, 2.05) is 30.5 Å². The van der Waals surface area contributed by atoms with E-state index in [1.165, 1.54) is 25.9 Å². The summed E-state index contributed by atoms with van der Waals surface area (Å²) in [6.07, 6.45) is 9.83. The molecule has 0 amide bonds. The van der Waals surface area contributed by atoms with Crippen LogP contribution in [0.4, 0.5) is 0 Å². The highest BCUT2D eigenvalue weighted by atomic mass is 16.5. The van der Waals surface area contributed by atoms with Crippen LogP contribution in [0.5, 0.6) is 5.75 Å². The number of nitrogens with zero attached hydrogens (tertiary/aromatic N) is 5. The quantitative estimate of drug-likeness (QED) is 0.291.